The van der Waals surface area contributed by atoms with E-state index in [0.717, 1.165) is 11.1 Å². The number of nitrogens with zero attached hydrogens (tertiary/aromatic N) is 2. The number of ether oxygens (including phenoxy) is 2. The van der Waals surface area contributed by atoms with Crippen LogP contribution in [0.4, 0.5) is 0 Å². The predicted octanol–water partition coefficient (Wildman–Crippen LogP) is 2.18. The van der Waals surface area contributed by atoms with Gasteiger partial charge in [-0.2, -0.15) is 10.5 Å². The van der Waals surface area contributed by atoms with Gasteiger partial charge >= 0.3 is 11.9 Å². The van der Waals surface area contributed by atoms with Crippen LogP contribution in [0, 0.1) is 34.5 Å². The molecule has 0 heterocycles. The number of carbonyl (C=O) groups excluding carboxylic acids is 2. The Morgan fingerprint density at radius 3 is 1.46 bits per heavy atom. The van der Waals surface area contributed by atoms with E-state index in [-0.39, 0.29) is 26.1 Å². The summed E-state index contributed by atoms with van der Waals surface area (Å²) in [5.41, 5.74) is 1.62. The molecule has 6 nitrogen and oxygen atoms in total. The van der Waals surface area contributed by atoms with Crippen molar-refractivity contribution in [3.05, 3.63) is 35.4 Å². The van der Waals surface area contributed by atoms with Crippen LogP contribution < -0.4 is 0 Å². The Morgan fingerprint density at radius 2 is 1.21 bits per heavy atom. The van der Waals surface area contributed by atoms with Gasteiger partial charge in [-0.25, -0.2) is 0 Å². The summed E-state index contributed by atoms with van der Waals surface area (Å²) in [4.78, 5) is 23.3. The Bertz CT molecular complexity index is 583. The van der Waals surface area contributed by atoms with Gasteiger partial charge in [-0.1, -0.05) is 24.3 Å². The summed E-state index contributed by atoms with van der Waals surface area (Å²) in [6, 6.07) is 11.0. The Kier molecular flexibility index (Phi) is 8.01. The van der Waals surface area contributed by atoms with Gasteiger partial charge in [-0.3, -0.25) is 9.59 Å². The van der Waals surface area contributed by atoms with Gasteiger partial charge in [0, 0.05) is 0 Å². The van der Waals surface area contributed by atoms with E-state index < -0.39 is 23.8 Å². The van der Waals surface area contributed by atoms with Gasteiger partial charge in [-0.05, 0) is 37.8 Å². The highest BCUT2D eigenvalue weighted by Crippen LogP contribution is 2.15. The minimum Gasteiger partial charge on any atom is -0.465 e. The lowest BCUT2D eigenvalue weighted by molar-refractivity contribution is -0.146. The fraction of sp³-hybridized carbons (Fsp3) is 0.444. The molecule has 0 N–H and O–H groups in total. The zero-order valence-corrected chi connectivity index (χ0v) is 13.8. The number of hydrogen-bond acceptors (Lipinski definition) is 6. The van der Waals surface area contributed by atoms with Crippen LogP contribution >= 0.6 is 0 Å². The van der Waals surface area contributed by atoms with Crippen molar-refractivity contribution in [3.63, 3.8) is 0 Å². The van der Waals surface area contributed by atoms with E-state index in [9.17, 15) is 9.59 Å². The van der Waals surface area contributed by atoms with Crippen LogP contribution in [0.15, 0.2) is 24.3 Å². The number of carbonyl (C=O) groups is 2. The number of rotatable bonds is 8. The highest BCUT2D eigenvalue weighted by Gasteiger charge is 2.21. The molecule has 0 radical (unpaired) electrons. The first-order chi connectivity index (χ1) is 11.5. The van der Waals surface area contributed by atoms with E-state index >= 15 is 0 Å². The molecule has 0 aromatic heterocycles. The molecule has 2 atom stereocenters. The third-order valence-corrected chi connectivity index (χ3v) is 3.36. The summed E-state index contributed by atoms with van der Waals surface area (Å²) in [6.45, 7) is 3.85. The molecule has 6 heteroatoms. The normalized spacial score (nSPS) is 12.3. The molecule has 24 heavy (non-hydrogen) atoms. The average Bonchev–Trinajstić information content (AvgIpc) is 2.59. The molecule has 0 aliphatic rings. The molecule has 126 valence electrons. The van der Waals surface area contributed by atoms with Crippen LogP contribution in [0.2, 0.25) is 0 Å². The van der Waals surface area contributed by atoms with Crippen molar-refractivity contribution in [2.45, 2.75) is 26.7 Å². The van der Waals surface area contributed by atoms with Crippen molar-refractivity contribution >= 4 is 11.9 Å². The van der Waals surface area contributed by atoms with E-state index in [0.29, 0.717) is 0 Å². The molecule has 2 unspecified atom stereocenters. The first-order valence-electron chi connectivity index (χ1n) is 7.75. The van der Waals surface area contributed by atoms with Crippen molar-refractivity contribution < 1.29 is 19.1 Å². The lowest BCUT2D eigenvalue weighted by Crippen LogP contribution is -2.19. The van der Waals surface area contributed by atoms with Crippen LogP contribution in [0.3, 0.4) is 0 Å². The molecule has 1 aromatic carbocycles. The molecule has 0 bridgehead atoms. The molecule has 0 fully saturated rings. The quantitative estimate of drug-likeness (QED) is 0.678. The fourth-order valence-electron chi connectivity index (χ4n) is 2.13. The van der Waals surface area contributed by atoms with Gasteiger partial charge in [0.25, 0.3) is 0 Å². The van der Waals surface area contributed by atoms with Gasteiger partial charge < -0.3 is 9.47 Å². The van der Waals surface area contributed by atoms with E-state index in [1.807, 2.05) is 12.1 Å². The number of nitriles is 2. The second kappa shape index (κ2) is 10.0. The number of benzene rings is 1. The first kappa shape index (κ1) is 19.2. The molecule has 0 amide bonds. The second-order valence-electron chi connectivity index (χ2n) is 5.09. The minimum atomic E-state index is -0.845. The molecular weight excluding hydrogens is 308 g/mol. The van der Waals surface area contributed by atoms with Crippen molar-refractivity contribution in [3.8, 4) is 12.1 Å². The largest absolute Gasteiger partial charge is 0.465 e. The van der Waals surface area contributed by atoms with Crippen LogP contribution in [0.25, 0.3) is 0 Å². The van der Waals surface area contributed by atoms with Crippen molar-refractivity contribution in [1.82, 2.24) is 0 Å². The summed E-state index contributed by atoms with van der Waals surface area (Å²) in [5, 5.41) is 18.1. The van der Waals surface area contributed by atoms with Crippen molar-refractivity contribution in [2.75, 3.05) is 13.2 Å². The summed E-state index contributed by atoms with van der Waals surface area (Å²) >= 11 is 0. The third kappa shape index (κ3) is 5.73. The fourth-order valence-corrected chi connectivity index (χ4v) is 2.13. The van der Waals surface area contributed by atoms with Crippen LogP contribution in [-0.4, -0.2) is 25.2 Å². The molecule has 1 aromatic rings. The van der Waals surface area contributed by atoms with Gasteiger partial charge in [0.05, 0.1) is 25.4 Å². The summed E-state index contributed by atoms with van der Waals surface area (Å²) < 4.78 is 9.72. The molecule has 0 saturated carbocycles. The van der Waals surface area contributed by atoms with Gasteiger partial charge in [-0.15, -0.1) is 0 Å². The lowest BCUT2D eigenvalue weighted by Gasteiger charge is -2.10. The Labute approximate surface area is 141 Å². The zero-order valence-electron chi connectivity index (χ0n) is 13.8. The highest BCUT2D eigenvalue weighted by atomic mass is 16.5. The standard InChI is InChI=1S/C18H20N2O4/c1-3-23-17(21)15(11-19)9-13-5-7-14(8-6-13)10-16(12-20)18(22)24-4-2/h5-8,15-16H,3-4,9-10H2,1-2H3. The van der Waals surface area contributed by atoms with E-state index in [1.165, 1.54) is 0 Å². The van der Waals surface area contributed by atoms with Crippen LogP contribution in [0.1, 0.15) is 25.0 Å². The van der Waals surface area contributed by atoms with Crippen molar-refractivity contribution in [1.29, 1.82) is 10.5 Å². The maximum Gasteiger partial charge on any atom is 0.323 e. The number of hydrogen-bond donors (Lipinski definition) is 0. The molecule has 0 aliphatic heterocycles. The van der Waals surface area contributed by atoms with E-state index in [2.05, 4.69) is 0 Å². The van der Waals surface area contributed by atoms with E-state index in [1.54, 1.807) is 38.1 Å². The maximum atomic E-state index is 11.6. The Balaban J connectivity index is 2.72. The van der Waals surface area contributed by atoms with Crippen molar-refractivity contribution in [2.24, 2.45) is 11.8 Å². The number of esters is 2. The van der Waals surface area contributed by atoms with E-state index in [4.69, 9.17) is 20.0 Å². The Hall–Kier alpha value is -2.86. The maximum absolute atomic E-state index is 11.6. The molecule has 0 aliphatic carbocycles. The molecule has 1 rings (SSSR count). The predicted molar refractivity (Wildman–Crippen MR) is 85.3 cm³/mol. The monoisotopic (exact) mass is 328 g/mol. The summed E-state index contributed by atoms with van der Waals surface area (Å²) in [5.74, 6) is -2.75. The van der Waals surface area contributed by atoms with Crippen LogP contribution in [0.5, 0.6) is 0 Å². The summed E-state index contributed by atoms with van der Waals surface area (Å²) in [7, 11) is 0. The van der Waals surface area contributed by atoms with Gasteiger partial charge in [0.15, 0.2) is 0 Å². The smallest absolute Gasteiger partial charge is 0.323 e. The van der Waals surface area contributed by atoms with Gasteiger partial charge in [0.2, 0.25) is 0 Å². The second-order valence-corrected chi connectivity index (χ2v) is 5.09. The zero-order chi connectivity index (χ0) is 17.9. The highest BCUT2D eigenvalue weighted by molar-refractivity contribution is 5.76. The first-order valence-corrected chi connectivity index (χ1v) is 7.75. The summed E-state index contributed by atoms with van der Waals surface area (Å²) in [6.07, 6.45) is 0.518. The lowest BCUT2D eigenvalue weighted by atomic mass is 9.96. The SMILES string of the molecule is CCOC(=O)C(C#N)Cc1ccc(CC(C#N)C(=O)OCC)cc1. The molecule has 0 spiro atoms. The minimum absolute atomic E-state index is 0.235. The van der Waals surface area contributed by atoms with Gasteiger partial charge in [0.1, 0.15) is 11.8 Å². The molecule has 0 saturated heterocycles. The average molecular weight is 328 g/mol. The van der Waals surface area contributed by atoms with Crippen LogP contribution in [-0.2, 0) is 31.9 Å². The topological polar surface area (TPSA) is 100 Å². The third-order valence-electron chi connectivity index (χ3n) is 3.36. The Morgan fingerprint density at radius 1 is 0.875 bits per heavy atom. The molecular formula is C18H20N2O4.